The Balaban J connectivity index is 1.36. The minimum Gasteiger partial charge on any atom is -0.468 e. The molecule has 1 aromatic heterocycles. The average molecular weight is 375 g/mol. The first-order chi connectivity index (χ1) is 12.8. The van der Waals surface area contributed by atoms with Crippen LogP contribution in [0.3, 0.4) is 0 Å². The van der Waals surface area contributed by atoms with E-state index in [9.17, 15) is 4.79 Å². The van der Waals surface area contributed by atoms with Gasteiger partial charge in [0.05, 0.1) is 12.3 Å². The second-order valence-corrected chi connectivity index (χ2v) is 7.31. The predicted molar refractivity (Wildman–Crippen MR) is 99.9 cm³/mol. The fraction of sp³-hybridized carbons (Fsp3) is 0.389. The number of thioether (sulfide) groups is 1. The summed E-state index contributed by atoms with van der Waals surface area (Å²) in [5, 5.41) is 5.79. The van der Waals surface area contributed by atoms with Gasteiger partial charge in [0, 0.05) is 42.9 Å². The molecule has 0 aliphatic carbocycles. The minimum atomic E-state index is -0.258. The molecule has 1 saturated heterocycles. The molecule has 2 aromatic rings. The molecule has 1 atom stereocenters. The number of furan rings is 1. The summed E-state index contributed by atoms with van der Waals surface area (Å²) < 4.78 is 16.2. The molecule has 1 fully saturated rings. The Bertz CT molecular complexity index is 747. The van der Waals surface area contributed by atoms with E-state index in [1.54, 1.807) is 24.5 Å². The van der Waals surface area contributed by atoms with Gasteiger partial charge in [-0.3, -0.25) is 4.90 Å². The molecule has 26 heavy (non-hydrogen) atoms. The minimum absolute atomic E-state index is 0.0356. The van der Waals surface area contributed by atoms with E-state index >= 15 is 0 Å². The third-order valence-electron chi connectivity index (χ3n) is 4.44. The Morgan fingerprint density at radius 2 is 2.04 bits per heavy atom. The first-order valence-corrected chi connectivity index (χ1v) is 9.75. The van der Waals surface area contributed by atoms with E-state index in [1.807, 2.05) is 23.9 Å². The van der Waals surface area contributed by atoms with Gasteiger partial charge >= 0.3 is 6.03 Å². The zero-order valence-electron chi connectivity index (χ0n) is 14.3. The largest absolute Gasteiger partial charge is 0.468 e. The van der Waals surface area contributed by atoms with E-state index in [4.69, 9.17) is 13.9 Å². The summed E-state index contributed by atoms with van der Waals surface area (Å²) in [4.78, 5) is 14.7. The summed E-state index contributed by atoms with van der Waals surface area (Å²) in [6.07, 6.45) is 1.67. The number of urea groups is 1. The van der Waals surface area contributed by atoms with Gasteiger partial charge in [-0.25, -0.2) is 4.79 Å². The summed E-state index contributed by atoms with van der Waals surface area (Å²) in [5.41, 5.74) is 0.663. The molecule has 8 heteroatoms. The molecule has 3 heterocycles. The quantitative estimate of drug-likeness (QED) is 0.837. The number of carbonyl (C=O) groups excluding carboxylic acids is 1. The lowest BCUT2D eigenvalue weighted by Crippen LogP contribution is -2.42. The lowest BCUT2D eigenvalue weighted by molar-refractivity contribution is 0.174. The van der Waals surface area contributed by atoms with Crippen LogP contribution in [0.2, 0.25) is 0 Å². The lowest BCUT2D eigenvalue weighted by atomic mass is 10.2. The molecular weight excluding hydrogens is 354 g/mol. The highest BCUT2D eigenvalue weighted by atomic mass is 32.2. The molecule has 0 bridgehead atoms. The molecule has 2 amide bonds. The Morgan fingerprint density at radius 3 is 2.85 bits per heavy atom. The van der Waals surface area contributed by atoms with Gasteiger partial charge in [0.25, 0.3) is 0 Å². The zero-order chi connectivity index (χ0) is 17.8. The summed E-state index contributed by atoms with van der Waals surface area (Å²) in [6.45, 7) is 2.67. The van der Waals surface area contributed by atoms with Crippen molar-refractivity contribution in [2.75, 3.05) is 43.2 Å². The van der Waals surface area contributed by atoms with Crippen LogP contribution < -0.4 is 20.1 Å². The van der Waals surface area contributed by atoms with Crippen LogP contribution in [0.25, 0.3) is 0 Å². The maximum absolute atomic E-state index is 12.3. The maximum Gasteiger partial charge on any atom is 0.319 e. The number of hydrogen-bond donors (Lipinski definition) is 2. The number of fused-ring (bicyclic) bond motifs is 1. The number of benzene rings is 1. The van der Waals surface area contributed by atoms with E-state index in [0.29, 0.717) is 23.7 Å². The standard InChI is InChI=1S/C18H21N3O4S/c22-18(20-13-3-4-16-17(10-13)25-12-24-16)19-11-14(15-2-1-7-23-15)21-5-8-26-9-6-21/h1-4,7,10,14H,5-6,8-9,11-12H2,(H2,19,20,22)/t14-/m0/s1. The van der Waals surface area contributed by atoms with E-state index in [0.717, 1.165) is 30.4 Å². The van der Waals surface area contributed by atoms with Crippen LogP contribution in [0.1, 0.15) is 11.8 Å². The van der Waals surface area contributed by atoms with Crippen LogP contribution in [-0.2, 0) is 0 Å². The summed E-state index contributed by atoms with van der Waals surface area (Å²) in [6, 6.07) is 8.96. The molecule has 0 saturated carbocycles. The molecule has 2 aliphatic rings. The maximum atomic E-state index is 12.3. The first kappa shape index (κ1) is 17.1. The number of nitrogens with zero attached hydrogens (tertiary/aromatic N) is 1. The Labute approximate surface area is 156 Å². The van der Waals surface area contributed by atoms with Gasteiger partial charge in [-0.1, -0.05) is 0 Å². The highest BCUT2D eigenvalue weighted by Gasteiger charge is 2.25. The smallest absolute Gasteiger partial charge is 0.319 e. The summed E-state index contributed by atoms with van der Waals surface area (Å²) in [5.74, 6) is 4.40. The van der Waals surface area contributed by atoms with Gasteiger partial charge < -0.3 is 24.5 Å². The van der Waals surface area contributed by atoms with Gasteiger partial charge in [0.2, 0.25) is 6.79 Å². The van der Waals surface area contributed by atoms with Gasteiger partial charge in [-0.2, -0.15) is 11.8 Å². The van der Waals surface area contributed by atoms with Crippen LogP contribution in [0, 0.1) is 0 Å². The van der Waals surface area contributed by atoms with Gasteiger partial charge in [0.15, 0.2) is 11.5 Å². The highest BCUT2D eigenvalue weighted by molar-refractivity contribution is 7.99. The predicted octanol–water partition coefficient (Wildman–Crippen LogP) is 2.92. The molecule has 7 nitrogen and oxygen atoms in total. The van der Waals surface area contributed by atoms with Crippen LogP contribution in [0.15, 0.2) is 41.0 Å². The molecule has 2 aliphatic heterocycles. The van der Waals surface area contributed by atoms with E-state index in [1.165, 1.54) is 0 Å². The van der Waals surface area contributed by atoms with Crippen LogP contribution in [0.5, 0.6) is 11.5 Å². The molecule has 138 valence electrons. The van der Waals surface area contributed by atoms with Gasteiger partial charge in [-0.15, -0.1) is 0 Å². The van der Waals surface area contributed by atoms with Crippen molar-refractivity contribution in [1.29, 1.82) is 0 Å². The second-order valence-electron chi connectivity index (χ2n) is 6.08. The summed E-state index contributed by atoms with van der Waals surface area (Å²) in [7, 11) is 0. The average Bonchev–Trinajstić information content (AvgIpc) is 3.34. The number of nitrogens with one attached hydrogen (secondary N) is 2. The van der Waals surface area contributed by atoms with Crippen molar-refractivity contribution in [1.82, 2.24) is 10.2 Å². The third-order valence-corrected chi connectivity index (χ3v) is 5.39. The molecule has 4 rings (SSSR count). The topological polar surface area (TPSA) is 76.0 Å². The lowest BCUT2D eigenvalue weighted by Gasteiger charge is -2.33. The van der Waals surface area contributed by atoms with E-state index < -0.39 is 0 Å². The third kappa shape index (κ3) is 3.91. The molecular formula is C18H21N3O4S. The number of carbonyl (C=O) groups is 1. The van der Waals surface area contributed by atoms with Gasteiger partial charge in [0.1, 0.15) is 5.76 Å². The van der Waals surface area contributed by atoms with E-state index in [-0.39, 0.29) is 18.9 Å². The second kappa shape index (κ2) is 7.92. The van der Waals surface area contributed by atoms with Crippen molar-refractivity contribution in [3.8, 4) is 11.5 Å². The van der Waals surface area contributed by atoms with Crippen LogP contribution in [0.4, 0.5) is 10.5 Å². The molecule has 1 aromatic carbocycles. The summed E-state index contributed by atoms with van der Waals surface area (Å²) >= 11 is 1.96. The highest BCUT2D eigenvalue weighted by Crippen LogP contribution is 2.34. The van der Waals surface area contributed by atoms with Crippen molar-refractivity contribution in [2.24, 2.45) is 0 Å². The number of rotatable bonds is 5. The Morgan fingerprint density at radius 1 is 1.19 bits per heavy atom. The number of amides is 2. The van der Waals surface area contributed by atoms with E-state index in [2.05, 4.69) is 15.5 Å². The van der Waals surface area contributed by atoms with Gasteiger partial charge in [-0.05, 0) is 24.3 Å². The van der Waals surface area contributed by atoms with Crippen molar-refractivity contribution < 1.29 is 18.7 Å². The fourth-order valence-electron chi connectivity index (χ4n) is 3.12. The molecule has 0 radical (unpaired) electrons. The zero-order valence-corrected chi connectivity index (χ0v) is 15.1. The monoisotopic (exact) mass is 375 g/mol. The van der Waals surface area contributed by atoms with Crippen molar-refractivity contribution >= 4 is 23.5 Å². The number of anilines is 1. The fourth-order valence-corrected chi connectivity index (χ4v) is 4.05. The van der Waals surface area contributed by atoms with Crippen LogP contribution in [-0.4, -0.2) is 48.9 Å². The number of hydrogen-bond acceptors (Lipinski definition) is 6. The number of ether oxygens (including phenoxy) is 2. The molecule has 0 unspecified atom stereocenters. The normalized spacial score (nSPS) is 17.7. The van der Waals surface area contributed by atoms with Crippen molar-refractivity contribution in [3.63, 3.8) is 0 Å². The van der Waals surface area contributed by atoms with Crippen molar-refractivity contribution in [2.45, 2.75) is 6.04 Å². The van der Waals surface area contributed by atoms with Crippen molar-refractivity contribution in [3.05, 3.63) is 42.4 Å². The molecule has 2 N–H and O–H groups in total. The van der Waals surface area contributed by atoms with Crippen LogP contribution >= 0.6 is 11.8 Å². The Kier molecular flexibility index (Phi) is 5.21. The first-order valence-electron chi connectivity index (χ1n) is 8.59. The Hall–Kier alpha value is -2.32. The molecule has 0 spiro atoms. The SMILES string of the molecule is O=C(NC[C@@H](c1ccco1)N1CCSCC1)Nc1ccc2c(c1)OCO2.